The Hall–Kier alpha value is -2.93. The van der Waals surface area contributed by atoms with Gasteiger partial charge in [0.25, 0.3) is 5.91 Å². The van der Waals surface area contributed by atoms with Gasteiger partial charge in [-0.15, -0.1) is 0 Å². The molecule has 1 aliphatic rings. The minimum atomic E-state index is -0.318. The van der Waals surface area contributed by atoms with E-state index in [2.05, 4.69) is 27.2 Å². The zero-order valence-corrected chi connectivity index (χ0v) is 15.7. The highest BCUT2D eigenvalue weighted by Gasteiger charge is 2.36. The predicted octanol–water partition coefficient (Wildman–Crippen LogP) is 2.97. The van der Waals surface area contributed by atoms with Gasteiger partial charge < -0.3 is 15.5 Å². The maximum atomic E-state index is 12.8. The fourth-order valence-electron chi connectivity index (χ4n) is 2.96. The first kappa shape index (κ1) is 18.8. The number of likely N-dealkylation sites (tertiary alicyclic amines) is 1. The van der Waals surface area contributed by atoms with Crippen LogP contribution in [0.3, 0.4) is 0 Å². The number of nitrogens with zero attached hydrogens (tertiary/aromatic N) is 3. The molecular weight excluding hydrogens is 366 g/mol. The summed E-state index contributed by atoms with van der Waals surface area (Å²) in [6.07, 6.45) is 5.04. The number of carbonyl (C=O) groups is 2. The Balaban J connectivity index is 1.63. The average Bonchev–Trinajstić information content (AvgIpc) is 3.05. The van der Waals surface area contributed by atoms with Crippen LogP contribution < -0.4 is 10.6 Å². The highest BCUT2D eigenvalue weighted by molar-refractivity contribution is 6.30. The van der Waals surface area contributed by atoms with Crippen LogP contribution in [0.4, 0.5) is 11.6 Å². The maximum absolute atomic E-state index is 12.8. The molecule has 0 bridgehead atoms. The molecule has 1 aromatic carbocycles. The number of nitrogens with one attached hydrogen (secondary N) is 2. The lowest BCUT2D eigenvalue weighted by Gasteiger charge is -2.26. The summed E-state index contributed by atoms with van der Waals surface area (Å²) in [5.41, 5.74) is 0.865. The van der Waals surface area contributed by atoms with Crippen molar-refractivity contribution in [2.45, 2.75) is 18.9 Å². The summed E-state index contributed by atoms with van der Waals surface area (Å²) < 4.78 is 0. The van der Waals surface area contributed by atoms with Crippen LogP contribution in [0.2, 0.25) is 5.02 Å². The van der Waals surface area contributed by atoms with Crippen molar-refractivity contribution in [3.63, 3.8) is 0 Å². The summed E-state index contributed by atoms with van der Waals surface area (Å²) in [6, 6.07) is 6.80. The lowest BCUT2D eigenvalue weighted by Crippen LogP contribution is -2.40. The number of hydrogen-bond acceptors (Lipinski definition) is 5. The van der Waals surface area contributed by atoms with Crippen LogP contribution in [0.5, 0.6) is 0 Å². The van der Waals surface area contributed by atoms with Gasteiger partial charge in [-0.1, -0.05) is 18.2 Å². The average molecular weight is 386 g/mol. The van der Waals surface area contributed by atoms with E-state index in [1.54, 1.807) is 29.2 Å². The van der Waals surface area contributed by atoms with Crippen molar-refractivity contribution in [3.8, 4) is 0 Å². The van der Waals surface area contributed by atoms with Crippen molar-refractivity contribution in [2.75, 3.05) is 23.7 Å². The van der Waals surface area contributed by atoms with Gasteiger partial charge in [-0.3, -0.25) is 9.59 Å². The van der Waals surface area contributed by atoms with E-state index in [9.17, 15) is 9.59 Å². The zero-order chi connectivity index (χ0) is 19.4. The van der Waals surface area contributed by atoms with Gasteiger partial charge >= 0.3 is 0 Å². The number of amides is 2. The summed E-state index contributed by atoms with van der Waals surface area (Å²) in [5, 5.41) is 6.42. The van der Waals surface area contributed by atoms with Crippen molar-refractivity contribution in [3.05, 3.63) is 59.9 Å². The number of anilines is 2. The van der Waals surface area contributed by atoms with Crippen molar-refractivity contribution in [1.82, 2.24) is 14.9 Å². The van der Waals surface area contributed by atoms with E-state index in [1.807, 2.05) is 6.92 Å². The third-order valence-corrected chi connectivity index (χ3v) is 4.57. The first-order chi connectivity index (χ1) is 12.9. The minimum absolute atomic E-state index is 0.0563. The SMILES string of the molecule is C=CC(=O)Nc1ccc(C(=O)N2CC[C@](C)(Nc3ncc(Cl)cn3)C2)cc1. The normalized spacial score (nSPS) is 18.8. The molecule has 27 heavy (non-hydrogen) atoms. The molecule has 0 unspecified atom stereocenters. The van der Waals surface area contributed by atoms with Crippen LogP contribution >= 0.6 is 11.6 Å². The van der Waals surface area contributed by atoms with Crippen molar-refractivity contribution < 1.29 is 9.59 Å². The summed E-state index contributed by atoms with van der Waals surface area (Å²) in [7, 11) is 0. The van der Waals surface area contributed by atoms with Gasteiger partial charge in [0.05, 0.1) is 23.0 Å². The molecule has 3 rings (SSSR count). The Morgan fingerprint density at radius 1 is 1.26 bits per heavy atom. The van der Waals surface area contributed by atoms with Crippen molar-refractivity contribution in [2.24, 2.45) is 0 Å². The smallest absolute Gasteiger partial charge is 0.253 e. The Morgan fingerprint density at radius 3 is 2.56 bits per heavy atom. The molecule has 1 aromatic heterocycles. The maximum Gasteiger partial charge on any atom is 0.253 e. The van der Waals surface area contributed by atoms with Crippen LogP contribution in [0.25, 0.3) is 0 Å². The number of halogens is 1. The van der Waals surface area contributed by atoms with Gasteiger partial charge in [0.1, 0.15) is 0 Å². The summed E-state index contributed by atoms with van der Waals surface area (Å²) in [4.78, 5) is 34.2. The van der Waals surface area contributed by atoms with E-state index < -0.39 is 0 Å². The van der Waals surface area contributed by atoms with Crippen molar-refractivity contribution >= 4 is 35.1 Å². The fraction of sp³-hybridized carbons (Fsp3) is 0.263. The highest BCUT2D eigenvalue weighted by atomic mass is 35.5. The van der Waals surface area contributed by atoms with Gasteiger partial charge in [-0.25, -0.2) is 9.97 Å². The molecule has 0 aliphatic carbocycles. The van der Waals surface area contributed by atoms with E-state index in [-0.39, 0.29) is 17.4 Å². The largest absolute Gasteiger partial charge is 0.347 e. The Bertz CT molecular complexity index is 853. The summed E-state index contributed by atoms with van der Waals surface area (Å²) >= 11 is 5.81. The van der Waals surface area contributed by atoms with Crippen LogP contribution in [-0.2, 0) is 4.79 Å². The second-order valence-electron chi connectivity index (χ2n) is 6.66. The number of hydrogen-bond donors (Lipinski definition) is 2. The zero-order valence-electron chi connectivity index (χ0n) is 14.9. The highest BCUT2D eigenvalue weighted by Crippen LogP contribution is 2.26. The first-order valence-electron chi connectivity index (χ1n) is 8.47. The minimum Gasteiger partial charge on any atom is -0.347 e. The first-order valence-corrected chi connectivity index (χ1v) is 8.85. The topological polar surface area (TPSA) is 87.2 Å². The van der Waals surface area contributed by atoms with E-state index in [0.717, 1.165) is 6.42 Å². The molecule has 2 heterocycles. The number of aromatic nitrogens is 2. The van der Waals surface area contributed by atoms with Crippen molar-refractivity contribution in [1.29, 1.82) is 0 Å². The lowest BCUT2D eigenvalue weighted by molar-refractivity contribution is -0.111. The molecule has 0 spiro atoms. The van der Waals surface area contributed by atoms with Gasteiger partial charge in [0.15, 0.2) is 0 Å². The molecule has 1 atom stereocenters. The van der Waals surface area contributed by atoms with Crippen LogP contribution in [0.1, 0.15) is 23.7 Å². The van der Waals surface area contributed by atoms with Crippen LogP contribution in [0.15, 0.2) is 49.3 Å². The van der Waals surface area contributed by atoms with Crippen LogP contribution in [-0.4, -0.2) is 45.3 Å². The molecule has 0 radical (unpaired) electrons. The second-order valence-corrected chi connectivity index (χ2v) is 7.09. The molecule has 8 heteroatoms. The molecule has 1 fully saturated rings. The second kappa shape index (κ2) is 7.75. The van der Waals surface area contributed by atoms with Crippen LogP contribution in [0, 0.1) is 0 Å². The van der Waals surface area contributed by atoms with E-state index in [0.29, 0.717) is 35.3 Å². The monoisotopic (exact) mass is 385 g/mol. The third kappa shape index (κ3) is 4.62. The van der Waals surface area contributed by atoms with Gasteiger partial charge in [-0.05, 0) is 43.7 Å². The molecule has 140 valence electrons. The standard InChI is InChI=1S/C19H20ClN5O2/c1-3-16(26)23-15-6-4-13(5-7-15)17(27)25-9-8-19(2,12-25)24-18-21-10-14(20)11-22-18/h3-7,10-11H,1,8-9,12H2,2H3,(H,23,26)(H,21,22,24)/t19-/m0/s1. The summed E-state index contributed by atoms with van der Waals surface area (Å²) in [5.74, 6) is 0.137. The van der Waals surface area contributed by atoms with E-state index >= 15 is 0 Å². The Morgan fingerprint density at radius 2 is 1.93 bits per heavy atom. The predicted molar refractivity (Wildman–Crippen MR) is 105 cm³/mol. The molecule has 2 aromatic rings. The molecule has 2 N–H and O–H groups in total. The van der Waals surface area contributed by atoms with Gasteiger partial charge in [-0.2, -0.15) is 0 Å². The Labute approximate surface area is 162 Å². The fourth-order valence-corrected chi connectivity index (χ4v) is 3.05. The van der Waals surface area contributed by atoms with Gasteiger partial charge in [0.2, 0.25) is 11.9 Å². The molecule has 1 saturated heterocycles. The molecule has 7 nitrogen and oxygen atoms in total. The molecule has 2 amide bonds. The number of carbonyl (C=O) groups excluding carboxylic acids is 2. The summed E-state index contributed by atoms with van der Waals surface area (Å²) in [6.45, 7) is 6.61. The number of rotatable bonds is 5. The molecule has 1 aliphatic heterocycles. The van der Waals surface area contributed by atoms with E-state index in [1.165, 1.54) is 18.5 Å². The Kier molecular flexibility index (Phi) is 5.41. The number of benzene rings is 1. The quantitative estimate of drug-likeness (QED) is 0.772. The van der Waals surface area contributed by atoms with Gasteiger partial charge in [0, 0.05) is 24.3 Å². The lowest BCUT2D eigenvalue weighted by atomic mass is 10.0. The molecule has 0 saturated carbocycles. The van der Waals surface area contributed by atoms with E-state index in [4.69, 9.17) is 11.6 Å². The third-order valence-electron chi connectivity index (χ3n) is 4.38. The molecular formula is C19H20ClN5O2.